The van der Waals surface area contributed by atoms with Gasteiger partial charge in [0.15, 0.2) is 4.67 Å². The molecular weight excluding hydrogens is 374 g/mol. The number of nitrogens with one attached hydrogen (secondary N) is 1. The van der Waals surface area contributed by atoms with Crippen molar-refractivity contribution in [3.63, 3.8) is 0 Å². The number of hydrogen-bond acceptors (Lipinski definition) is 3. The summed E-state index contributed by atoms with van der Waals surface area (Å²) in [5, 5.41) is 7.87. The van der Waals surface area contributed by atoms with Crippen LogP contribution in [-0.2, 0) is 6.54 Å². The highest BCUT2D eigenvalue weighted by molar-refractivity contribution is 9.10. The molecule has 0 aliphatic carbocycles. The molecule has 0 aromatic carbocycles. The van der Waals surface area contributed by atoms with Crippen LogP contribution in [0.2, 0.25) is 0 Å². The number of halogens is 2. The Labute approximate surface area is 129 Å². The topological polar surface area (TPSA) is 43.0 Å². The summed E-state index contributed by atoms with van der Waals surface area (Å²) in [4.78, 5) is 0. The number of aromatic nitrogens is 2. The third-order valence-corrected chi connectivity index (χ3v) is 3.87. The number of nitrogens with zero attached hydrogens (tertiary/aromatic N) is 2. The molecule has 2 heterocycles. The fourth-order valence-electron chi connectivity index (χ4n) is 2.07. The van der Waals surface area contributed by atoms with E-state index in [4.69, 9.17) is 4.42 Å². The van der Waals surface area contributed by atoms with E-state index in [9.17, 15) is 0 Å². The van der Waals surface area contributed by atoms with Crippen molar-refractivity contribution in [1.82, 2.24) is 15.1 Å². The fraction of sp³-hybridized carbons (Fsp3) is 0.462. The van der Waals surface area contributed by atoms with Crippen LogP contribution in [0.1, 0.15) is 37.8 Å². The van der Waals surface area contributed by atoms with E-state index in [0.717, 1.165) is 40.1 Å². The Morgan fingerprint density at radius 3 is 2.74 bits per heavy atom. The highest BCUT2D eigenvalue weighted by Crippen LogP contribution is 2.31. The average Bonchev–Trinajstić information content (AvgIpc) is 2.95. The Morgan fingerprint density at radius 2 is 2.16 bits per heavy atom. The first-order chi connectivity index (χ1) is 9.17. The Kier molecular flexibility index (Phi) is 5.24. The van der Waals surface area contributed by atoms with Gasteiger partial charge in [-0.3, -0.25) is 4.68 Å². The Balaban J connectivity index is 2.41. The van der Waals surface area contributed by atoms with Crippen molar-refractivity contribution in [2.75, 3.05) is 6.54 Å². The summed E-state index contributed by atoms with van der Waals surface area (Å²) >= 11 is 6.94. The van der Waals surface area contributed by atoms with E-state index in [1.807, 2.05) is 23.0 Å². The summed E-state index contributed by atoms with van der Waals surface area (Å²) in [6.07, 6.45) is 2.88. The molecule has 0 bridgehead atoms. The first kappa shape index (κ1) is 14.8. The van der Waals surface area contributed by atoms with Gasteiger partial charge in [-0.1, -0.05) is 13.8 Å². The zero-order valence-corrected chi connectivity index (χ0v) is 14.2. The van der Waals surface area contributed by atoms with Gasteiger partial charge in [-0.15, -0.1) is 0 Å². The minimum absolute atomic E-state index is 0.000255. The second-order valence-corrected chi connectivity index (χ2v) is 5.87. The van der Waals surface area contributed by atoms with E-state index in [2.05, 4.69) is 56.1 Å². The van der Waals surface area contributed by atoms with Gasteiger partial charge in [-0.25, -0.2) is 0 Å². The predicted molar refractivity (Wildman–Crippen MR) is 82.1 cm³/mol. The molecule has 2 aromatic heterocycles. The van der Waals surface area contributed by atoms with Gasteiger partial charge in [0.25, 0.3) is 0 Å². The Morgan fingerprint density at radius 1 is 1.37 bits per heavy atom. The van der Waals surface area contributed by atoms with E-state index in [1.54, 1.807) is 0 Å². The van der Waals surface area contributed by atoms with Crippen LogP contribution in [0.15, 0.2) is 31.9 Å². The van der Waals surface area contributed by atoms with E-state index in [0.29, 0.717) is 0 Å². The smallest absolute Gasteiger partial charge is 0.169 e. The van der Waals surface area contributed by atoms with Crippen molar-refractivity contribution < 1.29 is 4.42 Å². The highest BCUT2D eigenvalue weighted by Gasteiger charge is 2.23. The second kappa shape index (κ2) is 6.72. The molecule has 1 N–H and O–H groups in total. The van der Waals surface area contributed by atoms with Gasteiger partial charge < -0.3 is 9.73 Å². The van der Waals surface area contributed by atoms with Gasteiger partial charge in [0.05, 0.1) is 16.4 Å². The summed E-state index contributed by atoms with van der Waals surface area (Å²) in [5.41, 5.74) is 1.10. The lowest BCUT2D eigenvalue weighted by atomic mass is 10.1. The summed E-state index contributed by atoms with van der Waals surface area (Å²) in [7, 11) is 0. The summed E-state index contributed by atoms with van der Waals surface area (Å²) in [6.45, 7) is 5.97. The molecule has 0 saturated heterocycles. The molecule has 1 unspecified atom stereocenters. The lowest BCUT2D eigenvalue weighted by Gasteiger charge is -2.18. The third kappa shape index (κ3) is 3.30. The summed E-state index contributed by atoms with van der Waals surface area (Å²) < 4.78 is 9.46. The van der Waals surface area contributed by atoms with Gasteiger partial charge in [-0.05, 0) is 57.0 Å². The van der Waals surface area contributed by atoms with Crippen LogP contribution in [0.25, 0.3) is 0 Å². The molecule has 19 heavy (non-hydrogen) atoms. The van der Waals surface area contributed by atoms with Crippen LogP contribution in [0, 0.1) is 0 Å². The van der Waals surface area contributed by atoms with Gasteiger partial charge >= 0.3 is 0 Å². The van der Waals surface area contributed by atoms with Crippen LogP contribution >= 0.6 is 31.9 Å². The molecule has 0 aliphatic rings. The van der Waals surface area contributed by atoms with Crippen molar-refractivity contribution in [2.45, 2.75) is 32.9 Å². The minimum atomic E-state index is -0.000255. The van der Waals surface area contributed by atoms with Crippen molar-refractivity contribution in [3.8, 4) is 0 Å². The van der Waals surface area contributed by atoms with Crippen molar-refractivity contribution in [2.24, 2.45) is 0 Å². The second-order valence-electron chi connectivity index (χ2n) is 4.23. The van der Waals surface area contributed by atoms with Gasteiger partial charge in [0.1, 0.15) is 11.8 Å². The standard InChI is InChI=1S/C13H17Br2N3O/c1-3-7-18-13(9(14)8-17-18)12(16-4-2)10-5-6-11(15)19-10/h5-6,8,12,16H,3-4,7H2,1-2H3. The third-order valence-electron chi connectivity index (χ3n) is 2.83. The molecule has 0 spiro atoms. The highest BCUT2D eigenvalue weighted by atomic mass is 79.9. The maximum Gasteiger partial charge on any atom is 0.169 e. The number of aryl methyl sites for hydroxylation is 1. The van der Waals surface area contributed by atoms with Gasteiger partial charge in [-0.2, -0.15) is 5.10 Å². The molecule has 6 heteroatoms. The van der Waals surface area contributed by atoms with E-state index in [1.165, 1.54) is 0 Å². The predicted octanol–water partition coefficient (Wildman–Crippen LogP) is 4.11. The van der Waals surface area contributed by atoms with Crippen molar-refractivity contribution in [1.29, 1.82) is 0 Å². The first-order valence-corrected chi connectivity index (χ1v) is 7.95. The van der Waals surface area contributed by atoms with Crippen LogP contribution < -0.4 is 5.32 Å². The lowest BCUT2D eigenvalue weighted by Crippen LogP contribution is -2.25. The maximum atomic E-state index is 5.70. The minimum Gasteiger partial charge on any atom is -0.452 e. The summed E-state index contributed by atoms with van der Waals surface area (Å²) in [6, 6.07) is 3.89. The van der Waals surface area contributed by atoms with E-state index < -0.39 is 0 Å². The molecule has 0 radical (unpaired) electrons. The molecule has 0 aliphatic heterocycles. The SMILES string of the molecule is CCCn1ncc(Br)c1C(NCC)c1ccc(Br)o1. The molecule has 0 fully saturated rings. The van der Waals surface area contributed by atoms with Gasteiger partial charge in [0.2, 0.25) is 0 Å². The molecule has 4 nitrogen and oxygen atoms in total. The average molecular weight is 391 g/mol. The van der Waals surface area contributed by atoms with E-state index >= 15 is 0 Å². The molecule has 0 saturated carbocycles. The van der Waals surface area contributed by atoms with Crippen LogP contribution in [0.5, 0.6) is 0 Å². The normalized spacial score (nSPS) is 12.8. The van der Waals surface area contributed by atoms with Crippen LogP contribution in [-0.4, -0.2) is 16.3 Å². The van der Waals surface area contributed by atoms with Crippen LogP contribution in [0.4, 0.5) is 0 Å². The Hall–Kier alpha value is -0.590. The number of furan rings is 1. The Bertz CT molecular complexity index is 536. The quantitative estimate of drug-likeness (QED) is 0.806. The summed E-state index contributed by atoms with van der Waals surface area (Å²) in [5.74, 6) is 0.882. The maximum absolute atomic E-state index is 5.70. The molecule has 104 valence electrons. The van der Waals surface area contributed by atoms with Crippen molar-refractivity contribution >= 4 is 31.9 Å². The van der Waals surface area contributed by atoms with E-state index in [-0.39, 0.29) is 6.04 Å². The van der Waals surface area contributed by atoms with Gasteiger partial charge in [0, 0.05) is 6.54 Å². The largest absolute Gasteiger partial charge is 0.452 e. The number of rotatable bonds is 6. The lowest BCUT2D eigenvalue weighted by molar-refractivity contribution is 0.417. The molecular formula is C13H17Br2N3O. The monoisotopic (exact) mass is 389 g/mol. The first-order valence-electron chi connectivity index (χ1n) is 6.37. The zero-order valence-electron chi connectivity index (χ0n) is 11.0. The molecule has 0 amide bonds. The fourth-order valence-corrected chi connectivity index (χ4v) is 2.91. The molecule has 1 atom stereocenters. The van der Waals surface area contributed by atoms with Crippen LogP contribution in [0.3, 0.4) is 0 Å². The zero-order chi connectivity index (χ0) is 13.8. The molecule has 2 rings (SSSR count). The molecule has 2 aromatic rings. The number of hydrogen-bond donors (Lipinski definition) is 1. The van der Waals surface area contributed by atoms with Crippen molar-refractivity contribution in [3.05, 3.63) is 38.9 Å².